The fourth-order valence-corrected chi connectivity index (χ4v) is 6.78. The summed E-state index contributed by atoms with van der Waals surface area (Å²) in [6.45, 7) is 22.3. The van der Waals surface area contributed by atoms with E-state index in [0.717, 1.165) is 59.1 Å². The van der Waals surface area contributed by atoms with Crippen LogP contribution >= 0.6 is 0 Å². The largest absolute Gasteiger partial charge is 0.454 e. The maximum Gasteiger partial charge on any atom is 0.306 e. The molecule has 0 amide bonds. The number of rotatable bonds is 17. The third-order valence-electron chi connectivity index (χ3n) is 10.0. The number of hydrogen-bond donors (Lipinski definition) is 1. The van der Waals surface area contributed by atoms with E-state index in [0.29, 0.717) is 30.4 Å². The summed E-state index contributed by atoms with van der Waals surface area (Å²) in [4.78, 5) is 37.9. The van der Waals surface area contributed by atoms with E-state index in [1.165, 1.54) is 6.42 Å². The number of esters is 1. The van der Waals surface area contributed by atoms with Gasteiger partial charge in [-0.3, -0.25) is 14.4 Å². The quantitative estimate of drug-likeness (QED) is 0.0918. The van der Waals surface area contributed by atoms with Crippen LogP contribution in [0.2, 0.25) is 0 Å². The Morgan fingerprint density at radius 2 is 1.09 bits per heavy atom. The summed E-state index contributed by atoms with van der Waals surface area (Å²) in [5.41, 5.74) is 7.10. The van der Waals surface area contributed by atoms with Crippen LogP contribution in [0.4, 0.5) is 0 Å². The van der Waals surface area contributed by atoms with E-state index < -0.39 is 12.2 Å². The van der Waals surface area contributed by atoms with Gasteiger partial charge in [0.05, 0.1) is 0 Å². The third kappa shape index (κ3) is 15.1. The van der Waals surface area contributed by atoms with Gasteiger partial charge in [0.25, 0.3) is 0 Å². The molecule has 1 N–H and O–H groups in total. The summed E-state index contributed by atoms with van der Waals surface area (Å²) in [5.74, 6) is -0.540. The van der Waals surface area contributed by atoms with Gasteiger partial charge in [-0.25, -0.2) is 0 Å². The first-order chi connectivity index (χ1) is 24.9. The molecule has 2 aliphatic rings. The van der Waals surface area contributed by atoms with Crippen LogP contribution in [0.5, 0.6) is 0 Å². The van der Waals surface area contributed by atoms with Crippen molar-refractivity contribution in [2.45, 2.75) is 140 Å². The second-order valence-corrected chi connectivity index (χ2v) is 16.1. The number of carbonyl (C=O) groups excluding carboxylic acids is 3. The third-order valence-corrected chi connectivity index (χ3v) is 10.0. The normalized spacial score (nSPS) is 22.3. The van der Waals surface area contributed by atoms with Gasteiger partial charge in [0.15, 0.2) is 17.7 Å². The fraction of sp³-hybridized carbons (Fsp3) is 0.479. The van der Waals surface area contributed by atoms with Gasteiger partial charge in [0.2, 0.25) is 0 Å². The first-order valence-electron chi connectivity index (χ1n) is 19.4. The number of ether oxygens (including phenoxy) is 1. The van der Waals surface area contributed by atoms with Crippen LogP contribution in [0.3, 0.4) is 0 Å². The Morgan fingerprint density at radius 3 is 1.60 bits per heavy atom. The molecule has 0 aromatic rings. The van der Waals surface area contributed by atoms with Crippen molar-refractivity contribution < 1.29 is 24.2 Å². The van der Waals surface area contributed by atoms with Crippen molar-refractivity contribution >= 4 is 17.5 Å². The molecule has 0 saturated heterocycles. The highest BCUT2D eigenvalue weighted by Crippen LogP contribution is 2.41. The molecule has 5 heteroatoms. The lowest BCUT2D eigenvalue weighted by molar-refractivity contribution is -0.156. The van der Waals surface area contributed by atoms with Crippen LogP contribution < -0.4 is 0 Å². The van der Waals surface area contributed by atoms with E-state index in [4.69, 9.17) is 4.74 Å². The number of unbranched alkanes of at least 4 members (excludes halogenated alkanes) is 4. The van der Waals surface area contributed by atoms with Crippen LogP contribution in [0.1, 0.15) is 128 Å². The van der Waals surface area contributed by atoms with Gasteiger partial charge < -0.3 is 9.84 Å². The van der Waals surface area contributed by atoms with Crippen molar-refractivity contribution in [3.8, 4) is 0 Å². The van der Waals surface area contributed by atoms with Crippen molar-refractivity contribution in [3.05, 3.63) is 130 Å². The van der Waals surface area contributed by atoms with Gasteiger partial charge in [-0.2, -0.15) is 0 Å². The summed E-state index contributed by atoms with van der Waals surface area (Å²) in [7, 11) is 0. The van der Waals surface area contributed by atoms with Crippen molar-refractivity contribution in [1.29, 1.82) is 0 Å². The van der Waals surface area contributed by atoms with Crippen LogP contribution in [0, 0.1) is 10.8 Å². The van der Waals surface area contributed by atoms with E-state index in [2.05, 4.69) is 72.8 Å². The summed E-state index contributed by atoms with van der Waals surface area (Å²) in [5, 5.41) is 10.1. The molecule has 0 unspecified atom stereocenters. The Morgan fingerprint density at radius 1 is 0.660 bits per heavy atom. The Hall–Kier alpha value is -4.09. The molecular formula is C48H66O5. The van der Waals surface area contributed by atoms with Gasteiger partial charge in [-0.05, 0) is 87.5 Å². The number of aliphatic hydroxyl groups excluding tert-OH is 1. The molecule has 0 fully saturated rings. The molecule has 0 heterocycles. The van der Waals surface area contributed by atoms with Crippen LogP contribution in [0.15, 0.2) is 130 Å². The van der Waals surface area contributed by atoms with Crippen molar-refractivity contribution in [2.75, 3.05) is 0 Å². The fourth-order valence-electron chi connectivity index (χ4n) is 6.78. The number of Topliss-reactive ketones (excluding diaryl/α,β-unsaturated/α-hetero) is 2. The molecule has 2 atom stereocenters. The van der Waals surface area contributed by atoms with E-state index in [1.807, 2.05) is 81.5 Å². The number of ketones is 2. The second-order valence-electron chi connectivity index (χ2n) is 16.1. The van der Waals surface area contributed by atoms with E-state index in [1.54, 1.807) is 6.92 Å². The molecule has 0 saturated carbocycles. The molecule has 0 aromatic heterocycles. The molecule has 0 aliphatic heterocycles. The number of carbonyl (C=O) groups is 3. The number of hydrogen-bond acceptors (Lipinski definition) is 5. The molecule has 0 bridgehead atoms. The van der Waals surface area contributed by atoms with Gasteiger partial charge in [0, 0.05) is 12.8 Å². The highest BCUT2D eigenvalue weighted by atomic mass is 16.5. The molecule has 2 aliphatic carbocycles. The van der Waals surface area contributed by atoms with E-state index in [-0.39, 0.29) is 28.4 Å². The van der Waals surface area contributed by atoms with Crippen molar-refractivity contribution in [2.24, 2.45) is 10.8 Å². The van der Waals surface area contributed by atoms with Gasteiger partial charge in [-0.1, -0.05) is 168 Å². The smallest absolute Gasteiger partial charge is 0.306 e. The highest BCUT2D eigenvalue weighted by Gasteiger charge is 2.40. The molecular weight excluding hydrogens is 657 g/mol. The van der Waals surface area contributed by atoms with Crippen LogP contribution in [0.25, 0.3) is 0 Å². The summed E-state index contributed by atoms with van der Waals surface area (Å²) in [6, 6.07) is 0. The molecule has 0 radical (unpaired) electrons. The molecule has 288 valence electrons. The van der Waals surface area contributed by atoms with Crippen molar-refractivity contribution in [3.63, 3.8) is 0 Å². The van der Waals surface area contributed by atoms with E-state index in [9.17, 15) is 19.5 Å². The maximum atomic E-state index is 13.2. The van der Waals surface area contributed by atoms with Crippen LogP contribution in [-0.4, -0.2) is 34.9 Å². The van der Waals surface area contributed by atoms with E-state index >= 15 is 0 Å². The Bertz CT molecular complexity index is 1670. The molecule has 53 heavy (non-hydrogen) atoms. The number of aliphatic hydroxyl groups is 1. The summed E-state index contributed by atoms with van der Waals surface area (Å²) < 4.78 is 5.67. The molecule has 0 spiro atoms. The maximum absolute atomic E-state index is 13.2. The van der Waals surface area contributed by atoms with Crippen molar-refractivity contribution in [1.82, 2.24) is 0 Å². The first-order valence-corrected chi connectivity index (χ1v) is 19.4. The SMILES string of the molecule is CCCCCCCC(=O)O[C@H]1CC(C)(C)C(/C=C/C(C)=C/C=C/C(C)=C/C=C/C=C(C)/C=C/C=C(C)/C=C/C2=C(C)C(=O)[C@@H](O)CC2(C)C)=C(C)C1=O. The minimum Gasteiger partial charge on any atom is -0.454 e. The zero-order valence-corrected chi connectivity index (χ0v) is 34.5. The lowest BCUT2D eigenvalue weighted by Gasteiger charge is -2.36. The Labute approximate surface area is 321 Å². The summed E-state index contributed by atoms with van der Waals surface area (Å²) >= 11 is 0. The lowest BCUT2D eigenvalue weighted by atomic mass is 9.71. The first kappa shape index (κ1) is 45.1. The molecule has 0 aromatic carbocycles. The second kappa shape index (κ2) is 21.6. The molecule has 2 rings (SSSR count). The summed E-state index contributed by atoms with van der Waals surface area (Å²) in [6.07, 6.45) is 33.5. The number of allylic oxidation sites excluding steroid dienone is 20. The monoisotopic (exact) mass is 722 g/mol. The zero-order chi connectivity index (χ0) is 39.8. The Kier molecular flexibility index (Phi) is 18.3. The van der Waals surface area contributed by atoms with Gasteiger partial charge in [-0.15, -0.1) is 0 Å². The highest BCUT2D eigenvalue weighted by molar-refractivity contribution is 6.02. The topological polar surface area (TPSA) is 80.7 Å². The zero-order valence-electron chi connectivity index (χ0n) is 34.5. The lowest BCUT2D eigenvalue weighted by Crippen LogP contribution is -2.39. The average Bonchev–Trinajstić information content (AvgIpc) is 3.07. The van der Waals surface area contributed by atoms with Crippen LogP contribution in [-0.2, 0) is 19.1 Å². The predicted octanol–water partition coefficient (Wildman–Crippen LogP) is 11.8. The predicted molar refractivity (Wildman–Crippen MR) is 222 cm³/mol. The van der Waals surface area contributed by atoms with Gasteiger partial charge >= 0.3 is 5.97 Å². The average molecular weight is 723 g/mol. The van der Waals surface area contributed by atoms with Gasteiger partial charge in [0.1, 0.15) is 6.10 Å². The minimum atomic E-state index is -0.912. The molecule has 5 nitrogen and oxygen atoms in total. The minimum absolute atomic E-state index is 0.0921. The Balaban J connectivity index is 1.94. The standard InChI is InChI=1S/C48H66O5/c1-12-13-14-15-16-27-44(50)53-43-33-48(10,11)41(39(7)46(43)52)31-29-37(5)26-20-24-35(3)22-18-17-21-34(2)23-19-25-36(4)28-30-40-38(6)45(51)42(49)32-47(40,8)9/h17-26,28-31,42-43,49H,12-16,27,32-33H2,1-11H3/b18-17+,23-19+,24-20+,30-28+,31-29+,34-21+,35-22+,36-25+,37-26+/t42-,43-/m0/s1.